The van der Waals surface area contributed by atoms with Gasteiger partial charge in [0.15, 0.2) is 6.61 Å². The summed E-state index contributed by atoms with van der Waals surface area (Å²) >= 11 is 5.92. The molecule has 23 heavy (non-hydrogen) atoms. The van der Waals surface area contributed by atoms with E-state index in [0.29, 0.717) is 22.1 Å². The van der Waals surface area contributed by atoms with Crippen molar-refractivity contribution in [2.45, 2.75) is 0 Å². The van der Waals surface area contributed by atoms with Crippen LogP contribution >= 0.6 is 11.6 Å². The minimum Gasteiger partial charge on any atom is -0.495 e. The highest BCUT2D eigenvalue weighted by molar-refractivity contribution is 6.33. The van der Waals surface area contributed by atoms with Gasteiger partial charge in [-0.3, -0.25) is 4.79 Å². The lowest BCUT2D eigenvalue weighted by Crippen LogP contribution is -2.21. The first-order valence-electron chi connectivity index (χ1n) is 6.66. The first-order chi connectivity index (χ1) is 11.0. The molecule has 0 atom stereocenters. The molecule has 0 fully saturated rings. The molecule has 120 valence electrons. The Morgan fingerprint density at radius 2 is 1.96 bits per heavy atom. The van der Waals surface area contributed by atoms with Gasteiger partial charge in [0.25, 0.3) is 5.91 Å². The van der Waals surface area contributed by atoms with Crippen LogP contribution in [0.1, 0.15) is 10.4 Å². The highest BCUT2D eigenvalue weighted by Crippen LogP contribution is 2.22. The third-order valence-electron chi connectivity index (χ3n) is 2.95. The molecule has 6 nitrogen and oxygen atoms in total. The van der Waals surface area contributed by atoms with E-state index in [0.717, 1.165) is 0 Å². The second kappa shape index (κ2) is 7.51. The first-order valence-corrected chi connectivity index (χ1v) is 7.04. The lowest BCUT2D eigenvalue weighted by atomic mass is 10.2. The van der Waals surface area contributed by atoms with Crippen LogP contribution in [0.15, 0.2) is 42.5 Å². The zero-order valence-corrected chi connectivity index (χ0v) is 13.1. The van der Waals surface area contributed by atoms with Gasteiger partial charge < -0.3 is 20.5 Å². The summed E-state index contributed by atoms with van der Waals surface area (Å²) in [7, 11) is 1.47. The lowest BCUT2D eigenvalue weighted by Gasteiger charge is -2.09. The van der Waals surface area contributed by atoms with Crippen molar-refractivity contribution >= 4 is 34.9 Å². The van der Waals surface area contributed by atoms with Crippen molar-refractivity contribution in [3.8, 4) is 5.75 Å². The van der Waals surface area contributed by atoms with E-state index in [1.807, 2.05) is 0 Å². The number of methoxy groups -OCH3 is 1. The summed E-state index contributed by atoms with van der Waals surface area (Å²) in [6, 6.07) is 11.2. The highest BCUT2D eigenvalue weighted by atomic mass is 35.5. The smallest absolute Gasteiger partial charge is 0.338 e. The number of halogens is 1. The molecule has 0 spiro atoms. The van der Waals surface area contributed by atoms with Crippen LogP contribution in [0.2, 0.25) is 5.02 Å². The molecule has 3 N–H and O–H groups in total. The normalized spacial score (nSPS) is 10.0. The van der Waals surface area contributed by atoms with Gasteiger partial charge in [0.2, 0.25) is 0 Å². The number of nitrogens with two attached hydrogens (primary N) is 1. The SMILES string of the molecule is COc1ccc(C(=O)OCC(=O)Nc2ccccc2Cl)cc1N. The van der Waals surface area contributed by atoms with Gasteiger partial charge in [-0.25, -0.2) is 4.79 Å². The fourth-order valence-electron chi connectivity index (χ4n) is 1.82. The second-order valence-electron chi connectivity index (χ2n) is 4.56. The Kier molecular flexibility index (Phi) is 5.43. The quantitative estimate of drug-likeness (QED) is 0.648. The van der Waals surface area contributed by atoms with Crippen LogP contribution in [-0.2, 0) is 9.53 Å². The number of rotatable bonds is 5. The zero-order chi connectivity index (χ0) is 16.8. The van der Waals surface area contributed by atoms with Crippen LogP contribution in [-0.4, -0.2) is 25.6 Å². The molecule has 0 aliphatic rings. The van der Waals surface area contributed by atoms with Crippen LogP contribution in [0.3, 0.4) is 0 Å². The van der Waals surface area contributed by atoms with E-state index in [4.69, 9.17) is 26.8 Å². The maximum absolute atomic E-state index is 11.9. The van der Waals surface area contributed by atoms with Gasteiger partial charge in [0.1, 0.15) is 5.75 Å². The van der Waals surface area contributed by atoms with Gasteiger partial charge in [-0.2, -0.15) is 0 Å². The Labute approximate surface area is 138 Å². The number of hydrogen-bond donors (Lipinski definition) is 2. The standard InChI is InChI=1S/C16H15ClN2O4/c1-22-14-7-6-10(8-12(14)18)16(21)23-9-15(20)19-13-5-3-2-4-11(13)17/h2-8H,9,18H2,1H3,(H,19,20). The van der Waals surface area contributed by atoms with E-state index in [1.54, 1.807) is 30.3 Å². The predicted molar refractivity (Wildman–Crippen MR) is 87.8 cm³/mol. The number of hydrogen-bond acceptors (Lipinski definition) is 5. The van der Waals surface area contributed by atoms with E-state index >= 15 is 0 Å². The second-order valence-corrected chi connectivity index (χ2v) is 4.97. The molecule has 0 bridgehead atoms. The van der Waals surface area contributed by atoms with Crippen LogP contribution in [0.5, 0.6) is 5.75 Å². The van der Waals surface area contributed by atoms with E-state index in [1.165, 1.54) is 19.2 Å². The molecule has 2 rings (SSSR count). The van der Waals surface area contributed by atoms with Crippen molar-refractivity contribution in [1.29, 1.82) is 0 Å². The lowest BCUT2D eigenvalue weighted by molar-refractivity contribution is -0.119. The maximum Gasteiger partial charge on any atom is 0.338 e. The highest BCUT2D eigenvalue weighted by Gasteiger charge is 2.13. The Hall–Kier alpha value is -2.73. The van der Waals surface area contributed by atoms with Gasteiger partial charge in [-0.05, 0) is 30.3 Å². The largest absolute Gasteiger partial charge is 0.495 e. The molecule has 0 unspecified atom stereocenters. The Morgan fingerprint density at radius 3 is 2.61 bits per heavy atom. The number of esters is 1. The fourth-order valence-corrected chi connectivity index (χ4v) is 2.01. The number of nitrogens with one attached hydrogen (secondary N) is 1. The van der Waals surface area contributed by atoms with Crippen molar-refractivity contribution < 1.29 is 19.1 Å². The summed E-state index contributed by atoms with van der Waals surface area (Å²) < 4.78 is 9.94. The molecule has 0 radical (unpaired) electrons. The average molecular weight is 335 g/mol. The molecule has 0 aliphatic heterocycles. The number of anilines is 2. The third-order valence-corrected chi connectivity index (χ3v) is 3.28. The number of amides is 1. The summed E-state index contributed by atoms with van der Waals surface area (Å²) in [5, 5.41) is 2.95. The van der Waals surface area contributed by atoms with E-state index in [-0.39, 0.29) is 5.56 Å². The van der Waals surface area contributed by atoms with Crippen LogP contribution in [0.4, 0.5) is 11.4 Å². The Bertz CT molecular complexity index is 734. The van der Waals surface area contributed by atoms with E-state index < -0.39 is 18.5 Å². The average Bonchev–Trinajstić information content (AvgIpc) is 2.54. The monoisotopic (exact) mass is 334 g/mol. The number of benzene rings is 2. The van der Waals surface area contributed by atoms with E-state index in [2.05, 4.69) is 5.32 Å². The summed E-state index contributed by atoms with van der Waals surface area (Å²) in [6.45, 7) is -0.435. The molecule has 0 aromatic heterocycles. The molecule has 2 aromatic rings. The minimum absolute atomic E-state index is 0.230. The van der Waals surface area contributed by atoms with Gasteiger partial charge in [0, 0.05) is 0 Å². The van der Waals surface area contributed by atoms with Gasteiger partial charge in [0.05, 0.1) is 29.1 Å². The first kappa shape index (κ1) is 16.6. The molecular formula is C16H15ClN2O4. The maximum atomic E-state index is 11.9. The molecular weight excluding hydrogens is 320 g/mol. The topological polar surface area (TPSA) is 90.6 Å². The van der Waals surface area contributed by atoms with Crippen molar-refractivity contribution in [2.24, 2.45) is 0 Å². The number of ether oxygens (including phenoxy) is 2. The summed E-state index contributed by atoms with van der Waals surface area (Å²) in [5.74, 6) is -0.695. The molecule has 0 saturated heterocycles. The minimum atomic E-state index is -0.659. The van der Waals surface area contributed by atoms with Crippen LogP contribution in [0, 0.1) is 0 Å². The zero-order valence-electron chi connectivity index (χ0n) is 12.3. The molecule has 0 heterocycles. The molecule has 1 amide bonds. The van der Waals surface area contributed by atoms with Gasteiger partial charge >= 0.3 is 5.97 Å². The van der Waals surface area contributed by atoms with E-state index in [9.17, 15) is 9.59 Å². The summed E-state index contributed by atoms with van der Waals surface area (Å²) in [6.07, 6.45) is 0. The Morgan fingerprint density at radius 1 is 1.22 bits per heavy atom. The molecule has 2 aromatic carbocycles. The van der Waals surface area contributed by atoms with Crippen LogP contribution in [0.25, 0.3) is 0 Å². The van der Waals surface area contributed by atoms with Crippen molar-refractivity contribution in [3.05, 3.63) is 53.1 Å². The van der Waals surface area contributed by atoms with Gasteiger partial charge in [-0.15, -0.1) is 0 Å². The summed E-state index contributed by atoms with van der Waals surface area (Å²) in [5.41, 5.74) is 6.70. The number of para-hydroxylation sites is 1. The predicted octanol–water partition coefficient (Wildman–Crippen LogP) is 2.73. The molecule has 0 saturated carbocycles. The van der Waals surface area contributed by atoms with Gasteiger partial charge in [-0.1, -0.05) is 23.7 Å². The van der Waals surface area contributed by atoms with Crippen molar-refractivity contribution in [1.82, 2.24) is 0 Å². The molecule has 0 aliphatic carbocycles. The Balaban J connectivity index is 1.92. The number of carbonyl (C=O) groups excluding carboxylic acids is 2. The number of carbonyl (C=O) groups is 2. The van der Waals surface area contributed by atoms with Crippen molar-refractivity contribution in [2.75, 3.05) is 24.8 Å². The van der Waals surface area contributed by atoms with Crippen LogP contribution < -0.4 is 15.8 Å². The summed E-state index contributed by atoms with van der Waals surface area (Å²) in [4.78, 5) is 23.7. The third kappa shape index (κ3) is 4.37. The fraction of sp³-hybridized carbons (Fsp3) is 0.125. The number of nitrogen functional groups attached to an aromatic ring is 1. The van der Waals surface area contributed by atoms with Crippen molar-refractivity contribution in [3.63, 3.8) is 0 Å². The molecule has 7 heteroatoms.